The molecular formula is C32H25BrN4O4. The van der Waals surface area contributed by atoms with Crippen LogP contribution < -0.4 is 10.2 Å². The van der Waals surface area contributed by atoms with Crippen molar-refractivity contribution < 1.29 is 14.5 Å². The molecule has 0 spiro atoms. The van der Waals surface area contributed by atoms with Crippen molar-refractivity contribution >= 4 is 33.7 Å². The summed E-state index contributed by atoms with van der Waals surface area (Å²) in [4.78, 5) is 23.2. The molecule has 0 aliphatic rings. The van der Waals surface area contributed by atoms with Crippen LogP contribution >= 0.6 is 15.9 Å². The zero-order valence-electron chi connectivity index (χ0n) is 22.0. The minimum Gasteiger partial charge on any atom is -0.488 e. The number of hydrogen-bond acceptors (Lipinski definition) is 5. The van der Waals surface area contributed by atoms with Gasteiger partial charge in [0.15, 0.2) is 0 Å². The molecule has 1 aromatic heterocycles. The Hall–Kier alpha value is -5.02. The zero-order chi connectivity index (χ0) is 28.8. The van der Waals surface area contributed by atoms with Gasteiger partial charge in [-0.15, -0.1) is 0 Å². The van der Waals surface area contributed by atoms with E-state index in [1.807, 2.05) is 30.3 Å². The van der Waals surface area contributed by atoms with Gasteiger partial charge < -0.3 is 9.30 Å². The van der Waals surface area contributed by atoms with Crippen LogP contribution in [-0.4, -0.2) is 21.6 Å². The Morgan fingerprint density at radius 2 is 1.76 bits per heavy atom. The van der Waals surface area contributed by atoms with E-state index in [2.05, 4.69) is 62.2 Å². The maximum atomic E-state index is 12.7. The number of non-ortho nitro benzene ring substituents is 1. The molecule has 0 aliphatic heterocycles. The van der Waals surface area contributed by atoms with E-state index in [-0.39, 0.29) is 18.2 Å². The zero-order valence-corrected chi connectivity index (χ0v) is 23.6. The summed E-state index contributed by atoms with van der Waals surface area (Å²) in [5.74, 6) is 0.252. The van der Waals surface area contributed by atoms with Crippen LogP contribution in [-0.2, 0) is 6.61 Å². The van der Waals surface area contributed by atoms with E-state index in [1.54, 1.807) is 42.5 Å². The number of ether oxygens (including phenoxy) is 1. The molecule has 1 heterocycles. The number of hydrazone groups is 1. The number of halogens is 1. The highest BCUT2D eigenvalue weighted by atomic mass is 79.9. The third-order valence-corrected chi connectivity index (χ3v) is 7.00. The van der Waals surface area contributed by atoms with Crippen LogP contribution in [0.1, 0.15) is 27.2 Å². The van der Waals surface area contributed by atoms with Gasteiger partial charge in [-0.3, -0.25) is 14.9 Å². The van der Waals surface area contributed by atoms with Gasteiger partial charge in [0.1, 0.15) is 12.4 Å². The van der Waals surface area contributed by atoms with Gasteiger partial charge in [0.05, 0.1) is 21.3 Å². The fourth-order valence-corrected chi connectivity index (χ4v) is 4.85. The standard InChI is InChI=1S/C32H25BrN4O4/c1-22-10-16-30(25-7-3-2-4-8-25)36(22)27-14-12-26(13-15-27)32(38)35-34-20-23-11-17-31(29(33)19-23)41-21-24-6-5-9-28(18-24)37(39)40/h2-20H,21H2,1H3,(H,35,38)/b34-20+. The summed E-state index contributed by atoms with van der Waals surface area (Å²) in [6.07, 6.45) is 1.54. The van der Waals surface area contributed by atoms with Crippen LogP contribution in [0.4, 0.5) is 5.69 Å². The van der Waals surface area contributed by atoms with E-state index in [4.69, 9.17) is 4.74 Å². The largest absolute Gasteiger partial charge is 0.488 e. The number of nitrogens with one attached hydrogen (secondary N) is 1. The summed E-state index contributed by atoms with van der Waals surface area (Å²) in [5, 5.41) is 15.1. The number of carbonyl (C=O) groups excluding carboxylic acids is 1. The quantitative estimate of drug-likeness (QED) is 0.107. The van der Waals surface area contributed by atoms with Crippen LogP contribution in [0.5, 0.6) is 5.75 Å². The highest BCUT2D eigenvalue weighted by molar-refractivity contribution is 9.10. The van der Waals surface area contributed by atoms with Crippen molar-refractivity contribution in [2.45, 2.75) is 13.5 Å². The van der Waals surface area contributed by atoms with Crippen LogP contribution in [0.25, 0.3) is 16.9 Å². The number of nitrogens with zero attached hydrogens (tertiary/aromatic N) is 3. The first kappa shape index (κ1) is 27.5. The minimum absolute atomic E-state index is 0.0166. The first-order chi connectivity index (χ1) is 19.9. The summed E-state index contributed by atoms with van der Waals surface area (Å²) in [5.41, 5.74) is 8.76. The van der Waals surface area contributed by atoms with Crippen LogP contribution in [0.3, 0.4) is 0 Å². The molecule has 9 heteroatoms. The molecule has 1 amide bonds. The van der Waals surface area contributed by atoms with Crippen molar-refractivity contribution in [3.05, 3.63) is 146 Å². The fraction of sp³-hybridized carbons (Fsp3) is 0.0625. The molecule has 0 radical (unpaired) electrons. The highest BCUT2D eigenvalue weighted by Gasteiger charge is 2.11. The number of carbonyl (C=O) groups is 1. The topological polar surface area (TPSA) is 98.8 Å². The van der Waals surface area contributed by atoms with Crippen molar-refractivity contribution in [2.75, 3.05) is 0 Å². The van der Waals surface area contributed by atoms with Crippen molar-refractivity contribution in [3.63, 3.8) is 0 Å². The molecule has 0 unspecified atom stereocenters. The molecule has 0 saturated heterocycles. The van der Waals surface area contributed by atoms with Gasteiger partial charge in [0, 0.05) is 29.1 Å². The van der Waals surface area contributed by atoms with E-state index in [0.717, 1.165) is 28.2 Å². The van der Waals surface area contributed by atoms with Crippen molar-refractivity contribution in [2.24, 2.45) is 5.10 Å². The van der Waals surface area contributed by atoms with Gasteiger partial charge in [-0.05, 0) is 94.1 Å². The lowest BCUT2D eigenvalue weighted by atomic mass is 10.1. The number of hydrogen-bond donors (Lipinski definition) is 1. The Morgan fingerprint density at radius 1 is 0.976 bits per heavy atom. The Kier molecular flexibility index (Phi) is 8.36. The van der Waals surface area contributed by atoms with E-state index in [0.29, 0.717) is 21.3 Å². The van der Waals surface area contributed by atoms with Crippen LogP contribution in [0.2, 0.25) is 0 Å². The van der Waals surface area contributed by atoms with Crippen LogP contribution in [0, 0.1) is 17.0 Å². The average Bonchev–Trinajstić information content (AvgIpc) is 3.38. The maximum Gasteiger partial charge on any atom is 0.271 e. The Bertz CT molecular complexity index is 1730. The third kappa shape index (κ3) is 6.59. The lowest BCUT2D eigenvalue weighted by Gasteiger charge is -2.12. The van der Waals surface area contributed by atoms with E-state index in [1.165, 1.54) is 18.3 Å². The molecule has 5 rings (SSSR count). The van der Waals surface area contributed by atoms with Gasteiger partial charge in [-0.25, -0.2) is 5.43 Å². The molecular weight excluding hydrogens is 584 g/mol. The second-order valence-electron chi connectivity index (χ2n) is 9.21. The van der Waals surface area contributed by atoms with Gasteiger partial charge in [-0.1, -0.05) is 42.5 Å². The number of aromatic nitrogens is 1. The third-order valence-electron chi connectivity index (χ3n) is 6.38. The Labute approximate surface area is 245 Å². The predicted molar refractivity (Wildman–Crippen MR) is 163 cm³/mol. The molecule has 41 heavy (non-hydrogen) atoms. The molecule has 0 atom stereocenters. The number of amides is 1. The first-order valence-corrected chi connectivity index (χ1v) is 13.5. The van der Waals surface area contributed by atoms with E-state index < -0.39 is 4.92 Å². The number of nitro groups is 1. The monoisotopic (exact) mass is 608 g/mol. The summed E-state index contributed by atoms with van der Waals surface area (Å²) in [6, 6.07) is 33.4. The highest BCUT2D eigenvalue weighted by Crippen LogP contribution is 2.28. The molecule has 4 aromatic carbocycles. The normalized spacial score (nSPS) is 11.0. The Morgan fingerprint density at radius 3 is 2.49 bits per heavy atom. The summed E-state index contributed by atoms with van der Waals surface area (Å²) < 4.78 is 8.64. The smallest absolute Gasteiger partial charge is 0.271 e. The maximum absolute atomic E-state index is 12.7. The molecule has 0 aliphatic carbocycles. The molecule has 0 fully saturated rings. The van der Waals surface area contributed by atoms with Gasteiger partial charge in [-0.2, -0.15) is 5.10 Å². The van der Waals surface area contributed by atoms with Crippen molar-refractivity contribution in [1.29, 1.82) is 0 Å². The van der Waals surface area contributed by atoms with Crippen molar-refractivity contribution in [3.8, 4) is 22.7 Å². The molecule has 0 saturated carbocycles. The number of nitro benzene ring substituents is 1. The second kappa shape index (κ2) is 12.4. The molecule has 1 N–H and O–H groups in total. The number of aryl methyl sites for hydroxylation is 1. The van der Waals surface area contributed by atoms with E-state index in [9.17, 15) is 14.9 Å². The summed E-state index contributed by atoms with van der Waals surface area (Å²) >= 11 is 3.48. The SMILES string of the molecule is Cc1ccc(-c2ccccc2)n1-c1ccc(C(=O)N/N=C/c2ccc(OCc3cccc([N+](=O)[O-])c3)c(Br)c2)cc1. The lowest BCUT2D eigenvalue weighted by molar-refractivity contribution is -0.384. The van der Waals surface area contributed by atoms with Gasteiger partial charge in [0.2, 0.25) is 0 Å². The molecule has 5 aromatic rings. The lowest BCUT2D eigenvalue weighted by Crippen LogP contribution is -2.17. The predicted octanol–water partition coefficient (Wildman–Crippen LogP) is 7.47. The van der Waals surface area contributed by atoms with Crippen molar-refractivity contribution in [1.82, 2.24) is 9.99 Å². The molecule has 0 bridgehead atoms. The van der Waals surface area contributed by atoms with E-state index >= 15 is 0 Å². The number of rotatable bonds is 9. The summed E-state index contributed by atoms with van der Waals surface area (Å²) in [6.45, 7) is 2.23. The average molecular weight is 609 g/mol. The number of benzene rings is 4. The summed E-state index contributed by atoms with van der Waals surface area (Å²) in [7, 11) is 0. The minimum atomic E-state index is -0.437. The van der Waals surface area contributed by atoms with Gasteiger partial charge in [0.25, 0.3) is 11.6 Å². The first-order valence-electron chi connectivity index (χ1n) is 12.7. The second-order valence-corrected chi connectivity index (χ2v) is 10.1. The Balaban J connectivity index is 1.20. The fourth-order valence-electron chi connectivity index (χ4n) is 4.34. The van der Waals surface area contributed by atoms with Crippen LogP contribution in [0.15, 0.2) is 119 Å². The van der Waals surface area contributed by atoms with Gasteiger partial charge >= 0.3 is 0 Å². The molecule has 204 valence electrons. The molecule has 8 nitrogen and oxygen atoms in total.